The maximum Gasteiger partial charge on any atom is 0.0541 e. The lowest BCUT2D eigenvalue weighted by atomic mass is 9.97. The van der Waals surface area contributed by atoms with E-state index in [1.165, 1.54) is 49.6 Å². The molecule has 0 atom stereocenters. The molecule has 0 saturated carbocycles. The molecule has 2 aromatic heterocycles. The van der Waals surface area contributed by atoms with E-state index in [-0.39, 0.29) is 0 Å². The quantitative estimate of drug-likeness (QED) is 0.303. The molecule has 0 aliphatic carbocycles. The van der Waals surface area contributed by atoms with Crippen LogP contribution in [0.15, 0.2) is 122 Å². The van der Waals surface area contributed by atoms with Crippen molar-refractivity contribution in [3.05, 3.63) is 122 Å². The summed E-state index contributed by atoms with van der Waals surface area (Å²) in [6, 6.07) is 36.5. The summed E-state index contributed by atoms with van der Waals surface area (Å²) in [7, 11) is 0. The van der Waals surface area contributed by atoms with Crippen LogP contribution >= 0.6 is 0 Å². The molecule has 0 aliphatic heterocycles. The predicted octanol–water partition coefficient (Wildman–Crippen LogP) is 7.51. The van der Waals surface area contributed by atoms with Gasteiger partial charge in [0.2, 0.25) is 0 Å². The third-order valence-corrected chi connectivity index (χ3v) is 5.92. The second-order valence-corrected chi connectivity index (χ2v) is 7.75. The van der Waals surface area contributed by atoms with Gasteiger partial charge in [0.25, 0.3) is 0 Å². The number of pyridine rings is 1. The molecule has 0 radical (unpaired) electrons. The highest BCUT2D eigenvalue weighted by Gasteiger charge is 2.15. The van der Waals surface area contributed by atoms with Crippen molar-refractivity contribution in [2.24, 2.45) is 0 Å². The van der Waals surface area contributed by atoms with E-state index < -0.39 is 0 Å². The van der Waals surface area contributed by atoms with E-state index in [0.29, 0.717) is 0 Å². The summed E-state index contributed by atoms with van der Waals surface area (Å²) < 4.78 is 2.30. The molecule has 31 heavy (non-hydrogen) atoms. The fraction of sp³-hybridized carbons (Fsp3) is 0. The monoisotopic (exact) mass is 396 g/mol. The Morgan fingerprint density at radius 1 is 0.581 bits per heavy atom. The first-order valence-electron chi connectivity index (χ1n) is 10.5. The summed E-state index contributed by atoms with van der Waals surface area (Å²) in [4.78, 5) is 4.16. The van der Waals surface area contributed by atoms with E-state index in [1.54, 1.807) is 0 Å². The molecule has 0 fully saturated rings. The Morgan fingerprint density at radius 3 is 2.23 bits per heavy atom. The van der Waals surface area contributed by atoms with E-state index in [4.69, 9.17) is 0 Å². The van der Waals surface area contributed by atoms with Crippen LogP contribution in [0.1, 0.15) is 0 Å². The van der Waals surface area contributed by atoms with Gasteiger partial charge in [0.1, 0.15) is 0 Å². The zero-order chi connectivity index (χ0) is 20.6. The molecule has 6 aromatic rings. The van der Waals surface area contributed by atoms with Gasteiger partial charge < -0.3 is 4.57 Å². The van der Waals surface area contributed by atoms with Crippen LogP contribution in [-0.4, -0.2) is 9.55 Å². The minimum absolute atomic E-state index is 1.17. The molecular weight excluding hydrogens is 376 g/mol. The molecule has 0 bridgehead atoms. The molecule has 0 aliphatic rings. The Labute approximate surface area is 181 Å². The van der Waals surface area contributed by atoms with Gasteiger partial charge in [-0.15, -0.1) is 0 Å². The SMILES string of the molecule is c1ccc(-n2cc(-c3cccc(-c4ccncc4)c3)c3c4ccccc4ccc32)cc1. The molecule has 2 heteroatoms. The fourth-order valence-corrected chi connectivity index (χ4v) is 4.44. The molecule has 2 heterocycles. The van der Waals surface area contributed by atoms with Crippen molar-refractivity contribution in [3.63, 3.8) is 0 Å². The number of benzene rings is 4. The number of hydrogen-bond acceptors (Lipinski definition) is 1. The maximum atomic E-state index is 4.16. The third-order valence-electron chi connectivity index (χ3n) is 5.92. The van der Waals surface area contributed by atoms with Gasteiger partial charge in [-0.2, -0.15) is 0 Å². The first kappa shape index (κ1) is 17.7. The topological polar surface area (TPSA) is 17.8 Å². The van der Waals surface area contributed by atoms with Crippen LogP contribution in [0.4, 0.5) is 0 Å². The molecule has 0 spiro atoms. The fourth-order valence-electron chi connectivity index (χ4n) is 4.44. The number of hydrogen-bond donors (Lipinski definition) is 0. The molecule has 6 rings (SSSR count). The standard InChI is InChI=1S/C29H20N2/c1-2-10-25(11-3-1)31-20-27(29-26-12-5-4-7-22(26)13-14-28(29)31)24-9-6-8-23(19-24)21-15-17-30-18-16-21/h1-20H. The largest absolute Gasteiger partial charge is 0.316 e. The first-order chi connectivity index (χ1) is 15.4. The molecule has 0 amide bonds. The van der Waals surface area contributed by atoms with Gasteiger partial charge in [0, 0.05) is 35.2 Å². The summed E-state index contributed by atoms with van der Waals surface area (Å²) >= 11 is 0. The van der Waals surface area contributed by atoms with E-state index in [9.17, 15) is 0 Å². The highest BCUT2D eigenvalue weighted by atomic mass is 15.0. The van der Waals surface area contributed by atoms with Gasteiger partial charge in [-0.1, -0.05) is 66.7 Å². The molecule has 2 nitrogen and oxygen atoms in total. The number of aromatic nitrogens is 2. The van der Waals surface area contributed by atoms with Crippen molar-refractivity contribution >= 4 is 21.7 Å². The van der Waals surface area contributed by atoms with Gasteiger partial charge in [-0.05, 0) is 63.9 Å². The van der Waals surface area contributed by atoms with Gasteiger partial charge in [0.05, 0.1) is 5.52 Å². The van der Waals surface area contributed by atoms with E-state index in [2.05, 4.69) is 119 Å². The third kappa shape index (κ3) is 3.01. The lowest BCUT2D eigenvalue weighted by Crippen LogP contribution is -1.90. The van der Waals surface area contributed by atoms with Crippen molar-refractivity contribution in [2.75, 3.05) is 0 Å². The Bertz CT molecular complexity index is 1510. The van der Waals surface area contributed by atoms with Crippen LogP contribution in [0.5, 0.6) is 0 Å². The number of nitrogens with zero attached hydrogens (tertiary/aromatic N) is 2. The zero-order valence-corrected chi connectivity index (χ0v) is 16.9. The smallest absolute Gasteiger partial charge is 0.0541 e. The van der Waals surface area contributed by atoms with E-state index in [1.807, 2.05) is 12.4 Å². The van der Waals surface area contributed by atoms with Crippen LogP contribution in [0.2, 0.25) is 0 Å². The van der Waals surface area contributed by atoms with E-state index in [0.717, 1.165) is 0 Å². The van der Waals surface area contributed by atoms with Crippen LogP contribution < -0.4 is 0 Å². The summed E-state index contributed by atoms with van der Waals surface area (Å²) in [5.74, 6) is 0. The Morgan fingerprint density at radius 2 is 1.35 bits per heavy atom. The number of rotatable bonds is 3. The summed E-state index contributed by atoms with van der Waals surface area (Å²) in [5, 5.41) is 3.82. The first-order valence-corrected chi connectivity index (χ1v) is 10.5. The second kappa shape index (κ2) is 7.26. The van der Waals surface area contributed by atoms with Gasteiger partial charge in [-0.25, -0.2) is 0 Å². The molecule has 0 unspecified atom stereocenters. The molecular formula is C29H20N2. The van der Waals surface area contributed by atoms with Gasteiger partial charge >= 0.3 is 0 Å². The van der Waals surface area contributed by atoms with E-state index >= 15 is 0 Å². The lowest BCUT2D eigenvalue weighted by molar-refractivity contribution is 1.13. The average Bonchev–Trinajstić information content (AvgIpc) is 3.26. The minimum Gasteiger partial charge on any atom is -0.316 e. The van der Waals surface area contributed by atoms with Crippen molar-refractivity contribution in [1.29, 1.82) is 0 Å². The summed E-state index contributed by atoms with van der Waals surface area (Å²) in [5.41, 5.74) is 7.21. The van der Waals surface area contributed by atoms with Crippen molar-refractivity contribution in [1.82, 2.24) is 9.55 Å². The van der Waals surface area contributed by atoms with Crippen LogP contribution in [0.25, 0.3) is 49.6 Å². The summed E-state index contributed by atoms with van der Waals surface area (Å²) in [6.45, 7) is 0. The van der Waals surface area contributed by atoms with Crippen molar-refractivity contribution in [3.8, 4) is 27.9 Å². The van der Waals surface area contributed by atoms with Crippen LogP contribution in [0, 0.1) is 0 Å². The highest BCUT2D eigenvalue weighted by Crippen LogP contribution is 2.38. The minimum atomic E-state index is 1.17. The molecule has 0 saturated heterocycles. The lowest BCUT2D eigenvalue weighted by Gasteiger charge is -2.07. The number of para-hydroxylation sites is 1. The van der Waals surface area contributed by atoms with Gasteiger partial charge in [-0.3, -0.25) is 4.98 Å². The summed E-state index contributed by atoms with van der Waals surface area (Å²) in [6.07, 6.45) is 5.96. The number of fused-ring (bicyclic) bond motifs is 3. The average molecular weight is 396 g/mol. The molecule has 0 N–H and O–H groups in total. The molecule has 4 aromatic carbocycles. The van der Waals surface area contributed by atoms with Crippen LogP contribution in [0.3, 0.4) is 0 Å². The Balaban J connectivity index is 1.66. The zero-order valence-electron chi connectivity index (χ0n) is 16.9. The Kier molecular flexibility index (Phi) is 4.14. The highest BCUT2D eigenvalue weighted by molar-refractivity contribution is 6.14. The van der Waals surface area contributed by atoms with Crippen molar-refractivity contribution in [2.45, 2.75) is 0 Å². The van der Waals surface area contributed by atoms with Crippen molar-refractivity contribution < 1.29 is 0 Å². The normalized spacial score (nSPS) is 11.2. The van der Waals surface area contributed by atoms with Gasteiger partial charge in [0.15, 0.2) is 0 Å². The maximum absolute atomic E-state index is 4.16. The Hall–Kier alpha value is -4.17. The van der Waals surface area contributed by atoms with Crippen LogP contribution in [-0.2, 0) is 0 Å². The molecule has 146 valence electrons. The second-order valence-electron chi connectivity index (χ2n) is 7.75. The predicted molar refractivity (Wildman–Crippen MR) is 129 cm³/mol.